The van der Waals surface area contributed by atoms with Crippen molar-refractivity contribution < 1.29 is 4.79 Å². The van der Waals surface area contributed by atoms with Gasteiger partial charge in [0.15, 0.2) is 5.78 Å². The summed E-state index contributed by atoms with van der Waals surface area (Å²) in [5.41, 5.74) is 2.13. The molecule has 1 aromatic heterocycles. The molecule has 1 aromatic rings. The third-order valence-corrected chi connectivity index (χ3v) is 1.68. The molecule has 0 saturated heterocycles. The van der Waals surface area contributed by atoms with Gasteiger partial charge in [-0.05, 0) is 24.1 Å². The fourth-order valence-electron chi connectivity index (χ4n) is 0.915. The van der Waals surface area contributed by atoms with Gasteiger partial charge in [0, 0.05) is 6.42 Å². The lowest BCUT2D eigenvalue weighted by molar-refractivity contribution is 0.0984. The molecular weight excluding hydrogens is 137 g/mol. The summed E-state index contributed by atoms with van der Waals surface area (Å²) in [6.07, 6.45) is 0.513. The lowest BCUT2D eigenvalue weighted by Gasteiger charge is -1.89. The zero-order valence-corrected chi connectivity index (χ0v) is 6.77. The number of H-pyrrole nitrogens is 1. The van der Waals surface area contributed by atoms with Crippen LogP contribution in [0.15, 0.2) is 6.07 Å². The molecule has 0 saturated carbocycles. The minimum atomic E-state index is 0.102. The SMILES string of the molecule is [B]c1[nH]c(C(=O)CC)cc1C. The van der Waals surface area contributed by atoms with Crippen LogP contribution in [0.5, 0.6) is 0 Å². The van der Waals surface area contributed by atoms with Crippen LogP contribution < -0.4 is 5.59 Å². The molecule has 0 spiro atoms. The summed E-state index contributed by atoms with van der Waals surface area (Å²) in [6.45, 7) is 3.70. The molecular formula is C8H10BNO. The quantitative estimate of drug-likeness (QED) is 0.484. The van der Waals surface area contributed by atoms with Crippen LogP contribution >= 0.6 is 0 Å². The number of carbonyl (C=O) groups excluding carboxylic acids is 1. The van der Waals surface area contributed by atoms with E-state index in [0.717, 1.165) is 5.56 Å². The number of hydrogen-bond acceptors (Lipinski definition) is 1. The van der Waals surface area contributed by atoms with E-state index in [1.165, 1.54) is 0 Å². The van der Waals surface area contributed by atoms with Gasteiger partial charge in [0.05, 0.1) is 5.69 Å². The maximum absolute atomic E-state index is 11.1. The van der Waals surface area contributed by atoms with Crippen molar-refractivity contribution in [2.45, 2.75) is 20.3 Å². The van der Waals surface area contributed by atoms with Crippen LogP contribution in [0.25, 0.3) is 0 Å². The van der Waals surface area contributed by atoms with Crippen LogP contribution in [0.2, 0.25) is 0 Å². The lowest BCUT2D eigenvalue weighted by Crippen LogP contribution is -2.07. The fraction of sp³-hybridized carbons (Fsp3) is 0.375. The van der Waals surface area contributed by atoms with E-state index in [9.17, 15) is 4.79 Å². The van der Waals surface area contributed by atoms with Crippen molar-refractivity contribution >= 4 is 19.2 Å². The van der Waals surface area contributed by atoms with E-state index in [-0.39, 0.29) is 5.78 Å². The Morgan fingerprint density at radius 2 is 2.36 bits per heavy atom. The molecule has 3 heteroatoms. The molecule has 2 radical (unpaired) electrons. The molecule has 56 valence electrons. The van der Waals surface area contributed by atoms with Gasteiger partial charge in [-0.15, -0.1) is 0 Å². The average Bonchev–Trinajstić information content (AvgIpc) is 2.31. The number of nitrogens with one attached hydrogen (secondary N) is 1. The summed E-state index contributed by atoms with van der Waals surface area (Å²) in [7, 11) is 5.53. The van der Waals surface area contributed by atoms with Crippen molar-refractivity contribution in [1.29, 1.82) is 0 Å². The normalized spacial score (nSPS) is 10.0. The van der Waals surface area contributed by atoms with E-state index in [4.69, 9.17) is 7.85 Å². The van der Waals surface area contributed by atoms with Gasteiger partial charge in [-0.25, -0.2) is 0 Å². The third kappa shape index (κ3) is 1.53. The molecule has 1 rings (SSSR count). The molecule has 1 N–H and O–H groups in total. The van der Waals surface area contributed by atoms with Crippen molar-refractivity contribution in [3.8, 4) is 0 Å². The number of ketones is 1. The van der Waals surface area contributed by atoms with E-state index in [2.05, 4.69) is 4.98 Å². The highest BCUT2D eigenvalue weighted by Crippen LogP contribution is 2.01. The molecule has 0 aromatic carbocycles. The maximum Gasteiger partial charge on any atom is 0.178 e. The summed E-state index contributed by atoms with van der Waals surface area (Å²) >= 11 is 0. The molecule has 0 bridgehead atoms. The van der Waals surface area contributed by atoms with Gasteiger partial charge in [-0.1, -0.05) is 6.92 Å². The molecule has 0 amide bonds. The van der Waals surface area contributed by atoms with Crippen LogP contribution in [0, 0.1) is 6.92 Å². The second-order valence-corrected chi connectivity index (χ2v) is 2.56. The van der Waals surface area contributed by atoms with Gasteiger partial charge in [-0.2, -0.15) is 0 Å². The number of hydrogen-bond donors (Lipinski definition) is 1. The number of aromatic nitrogens is 1. The Morgan fingerprint density at radius 3 is 2.73 bits per heavy atom. The van der Waals surface area contributed by atoms with Crippen LogP contribution in [0.4, 0.5) is 0 Å². The van der Waals surface area contributed by atoms with E-state index in [1.54, 1.807) is 6.07 Å². The smallest absolute Gasteiger partial charge is 0.178 e. The Labute approximate surface area is 67.4 Å². The molecule has 0 unspecified atom stereocenters. The van der Waals surface area contributed by atoms with E-state index >= 15 is 0 Å². The van der Waals surface area contributed by atoms with Crippen LogP contribution in [-0.4, -0.2) is 18.6 Å². The average molecular weight is 147 g/mol. The maximum atomic E-state index is 11.1. The first-order chi connectivity index (χ1) is 5.15. The number of rotatable bonds is 2. The van der Waals surface area contributed by atoms with Gasteiger partial charge < -0.3 is 4.98 Å². The van der Waals surface area contributed by atoms with Gasteiger partial charge in [0.2, 0.25) is 0 Å². The first kappa shape index (κ1) is 8.11. The Hall–Kier alpha value is -0.985. The van der Waals surface area contributed by atoms with E-state index in [1.807, 2.05) is 13.8 Å². The molecule has 0 fully saturated rings. The summed E-state index contributed by atoms with van der Waals surface area (Å²) in [5.74, 6) is 0.102. The first-order valence-electron chi connectivity index (χ1n) is 3.63. The van der Waals surface area contributed by atoms with Gasteiger partial charge in [-0.3, -0.25) is 4.79 Å². The molecule has 0 aliphatic rings. The summed E-state index contributed by atoms with van der Waals surface area (Å²) in [5, 5.41) is 0. The van der Waals surface area contributed by atoms with Crippen molar-refractivity contribution in [3.63, 3.8) is 0 Å². The fourth-order valence-corrected chi connectivity index (χ4v) is 0.915. The summed E-state index contributed by atoms with van der Waals surface area (Å²) in [6, 6.07) is 1.78. The number of carbonyl (C=O) groups is 1. The predicted octanol–water partition coefficient (Wildman–Crippen LogP) is 0.710. The highest BCUT2D eigenvalue weighted by Gasteiger charge is 2.05. The molecule has 11 heavy (non-hydrogen) atoms. The van der Waals surface area contributed by atoms with Gasteiger partial charge >= 0.3 is 0 Å². The van der Waals surface area contributed by atoms with Crippen LogP contribution in [0.1, 0.15) is 29.4 Å². The standard InChI is InChI=1S/C8H10BNO/c1-3-7(11)6-4-5(2)8(9)10-6/h4,10H,3H2,1-2H3. The zero-order chi connectivity index (χ0) is 8.43. The zero-order valence-electron chi connectivity index (χ0n) is 6.77. The molecule has 1 heterocycles. The molecule has 2 nitrogen and oxygen atoms in total. The Kier molecular flexibility index (Phi) is 2.18. The second kappa shape index (κ2) is 2.95. The second-order valence-electron chi connectivity index (χ2n) is 2.56. The summed E-state index contributed by atoms with van der Waals surface area (Å²) in [4.78, 5) is 13.9. The molecule has 0 atom stereocenters. The third-order valence-electron chi connectivity index (χ3n) is 1.68. The number of Topliss-reactive ketones (excluding diaryl/α,β-unsaturated/α-hetero) is 1. The Morgan fingerprint density at radius 1 is 1.73 bits per heavy atom. The van der Waals surface area contributed by atoms with Crippen molar-refractivity contribution in [3.05, 3.63) is 17.3 Å². The minimum absolute atomic E-state index is 0.102. The highest BCUT2D eigenvalue weighted by atomic mass is 16.1. The van der Waals surface area contributed by atoms with E-state index < -0.39 is 0 Å². The monoisotopic (exact) mass is 147 g/mol. The number of aryl methyl sites for hydroxylation is 1. The van der Waals surface area contributed by atoms with Crippen LogP contribution in [-0.2, 0) is 0 Å². The topological polar surface area (TPSA) is 32.9 Å². The minimum Gasteiger partial charge on any atom is -0.366 e. The highest BCUT2D eigenvalue weighted by molar-refractivity contribution is 6.32. The Bertz CT molecular complexity index is 258. The van der Waals surface area contributed by atoms with Gasteiger partial charge in [0.1, 0.15) is 7.85 Å². The van der Waals surface area contributed by atoms with Crippen molar-refractivity contribution in [2.24, 2.45) is 0 Å². The van der Waals surface area contributed by atoms with Crippen LogP contribution in [0.3, 0.4) is 0 Å². The predicted molar refractivity (Wildman–Crippen MR) is 45.5 cm³/mol. The van der Waals surface area contributed by atoms with Crippen molar-refractivity contribution in [2.75, 3.05) is 0 Å². The number of aromatic amines is 1. The van der Waals surface area contributed by atoms with Crippen molar-refractivity contribution in [1.82, 2.24) is 4.98 Å². The first-order valence-corrected chi connectivity index (χ1v) is 3.63. The Balaban J connectivity index is 2.97. The van der Waals surface area contributed by atoms with E-state index in [0.29, 0.717) is 17.7 Å². The summed E-state index contributed by atoms with van der Waals surface area (Å²) < 4.78 is 0. The largest absolute Gasteiger partial charge is 0.366 e. The van der Waals surface area contributed by atoms with Gasteiger partial charge in [0.25, 0.3) is 0 Å². The lowest BCUT2D eigenvalue weighted by atomic mass is 10.0. The molecule has 0 aliphatic carbocycles. The molecule has 0 aliphatic heterocycles.